The van der Waals surface area contributed by atoms with Crippen molar-refractivity contribution >= 4 is 17.6 Å². The third-order valence-electron chi connectivity index (χ3n) is 5.90. The van der Waals surface area contributed by atoms with E-state index in [0.29, 0.717) is 0 Å². The van der Waals surface area contributed by atoms with Crippen LogP contribution in [0.1, 0.15) is 63.0 Å². The predicted octanol–water partition coefficient (Wildman–Crippen LogP) is 3.51. The minimum absolute atomic E-state index is 0.0280. The fourth-order valence-electron chi connectivity index (χ4n) is 4.07. The first-order chi connectivity index (χ1) is 14.3. The maximum atomic E-state index is 15.3. The Labute approximate surface area is 174 Å². The van der Waals surface area contributed by atoms with Crippen LogP contribution in [0, 0.1) is 11.6 Å². The minimum Gasteiger partial charge on any atom is -0.341 e. The first kappa shape index (κ1) is 21.0. The fraction of sp³-hybridized carbons (Fsp3) is 0.318. The second kappa shape index (κ2) is 6.38. The first-order valence-corrected chi connectivity index (χ1v) is 9.47. The average Bonchev–Trinajstić information content (AvgIpc) is 2.66. The van der Waals surface area contributed by atoms with Crippen molar-refractivity contribution in [3.63, 3.8) is 0 Å². The molecule has 9 heteroatoms. The van der Waals surface area contributed by atoms with Gasteiger partial charge in [-0.3, -0.25) is 14.4 Å². The smallest absolute Gasteiger partial charge is 0.298 e. The second-order valence-electron chi connectivity index (χ2n) is 8.60. The molecule has 0 spiro atoms. The molecule has 2 aromatic rings. The highest BCUT2D eigenvalue weighted by molar-refractivity contribution is 6.17. The van der Waals surface area contributed by atoms with Gasteiger partial charge in [0.1, 0.15) is 22.7 Å². The number of hydrogen-bond donors (Lipinski definition) is 2. The Morgan fingerprint density at radius 2 is 1.45 bits per heavy atom. The molecular weight excluding hydrogens is 416 g/mol. The van der Waals surface area contributed by atoms with Crippen molar-refractivity contribution < 1.29 is 31.9 Å². The van der Waals surface area contributed by atoms with Gasteiger partial charge in [-0.05, 0) is 50.6 Å². The van der Waals surface area contributed by atoms with Gasteiger partial charge in [-0.1, -0.05) is 6.07 Å². The van der Waals surface area contributed by atoms with E-state index in [9.17, 15) is 18.8 Å². The van der Waals surface area contributed by atoms with Gasteiger partial charge in [-0.15, -0.1) is 0 Å². The standard InChI is InChI=1S/C22H18F4N2O3/c1-20(2)22(25,26)15-13(19(31)27-20)6-4-10(16(15)24)9-21(3)17(29)14-8-11(23)5-7-12(14)18(30)28-21/h4-8H,9H2,1-3H3,(H,27,31)(H,28,30). The number of carbonyl (C=O) groups is 3. The first-order valence-electron chi connectivity index (χ1n) is 9.47. The van der Waals surface area contributed by atoms with Gasteiger partial charge < -0.3 is 10.6 Å². The Kier molecular flexibility index (Phi) is 4.33. The molecule has 2 amide bonds. The van der Waals surface area contributed by atoms with E-state index in [4.69, 9.17) is 0 Å². The van der Waals surface area contributed by atoms with Crippen molar-refractivity contribution in [3.8, 4) is 0 Å². The fourth-order valence-corrected chi connectivity index (χ4v) is 4.07. The summed E-state index contributed by atoms with van der Waals surface area (Å²) in [6, 6.07) is 5.32. The molecule has 2 N–H and O–H groups in total. The number of rotatable bonds is 2. The van der Waals surface area contributed by atoms with Crippen molar-refractivity contribution in [1.82, 2.24) is 10.6 Å². The van der Waals surface area contributed by atoms with Gasteiger partial charge >= 0.3 is 0 Å². The molecule has 2 heterocycles. The summed E-state index contributed by atoms with van der Waals surface area (Å²) in [6.45, 7) is 3.48. The van der Waals surface area contributed by atoms with E-state index in [-0.39, 0.29) is 16.7 Å². The number of hydrogen-bond acceptors (Lipinski definition) is 3. The van der Waals surface area contributed by atoms with Gasteiger partial charge in [0.15, 0.2) is 5.78 Å². The zero-order chi connectivity index (χ0) is 22.9. The highest BCUT2D eigenvalue weighted by atomic mass is 19.3. The summed E-state index contributed by atoms with van der Waals surface area (Å²) in [7, 11) is 0. The van der Waals surface area contributed by atoms with Crippen LogP contribution in [0.15, 0.2) is 30.3 Å². The highest BCUT2D eigenvalue weighted by Crippen LogP contribution is 2.45. The molecule has 0 saturated heterocycles. The lowest BCUT2D eigenvalue weighted by atomic mass is 9.77. The molecule has 1 unspecified atom stereocenters. The van der Waals surface area contributed by atoms with Gasteiger partial charge in [0, 0.05) is 12.0 Å². The lowest BCUT2D eigenvalue weighted by Crippen LogP contribution is -2.59. The Morgan fingerprint density at radius 3 is 2.13 bits per heavy atom. The van der Waals surface area contributed by atoms with Crippen LogP contribution in [-0.4, -0.2) is 28.7 Å². The van der Waals surface area contributed by atoms with Crippen molar-refractivity contribution in [2.75, 3.05) is 0 Å². The summed E-state index contributed by atoms with van der Waals surface area (Å²) in [5.74, 6) is -7.96. The van der Waals surface area contributed by atoms with Crippen LogP contribution in [0.3, 0.4) is 0 Å². The topological polar surface area (TPSA) is 75.3 Å². The Hall–Kier alpha value is -3.23. The molecular formula is C22H18F4N2O3. The predicted molar refractivity (Wildman–Crippen MR) is 102 cm³/mol. The normalized spacial score (nSPS) is 23.5. The van der Waals surface area contributed by atoms with E-state index in [0.717, 1.165) is 44.2 Å². The van der Waals surface area contributed by atoms with E-state index in [2.05, 4.69) is 10.6 Å². The van der Waals surface area contributed by atoms with Crippen molar-refractivity contribution in [1.29, 1.82) is 0 Å². The van der Waals surface area contributed by atoms with E-state index in [1.54, 1.807) is 0 Å². The van der Waals surface area contributed by atoms with Gasteiger partial charge in [-0.25, -0.2) is 8.78 Å². The summed E-state index contributed by atoms with van der Waals surface area (Å²) in [5, 5.41) is 4.64. The van der Waals surface area contributed by atoms with E-state index < -0.39 is 63.8 Å². The summed E-state index contributed by atoms with van der Waals surface area (Å²) >= 11 is 0. The third kappa shape index (κ3) is 2.94. The van der Waals surface area contributed by atoms with Gasteiger partial charge in [0.25, 0.3) is 17.7 Å². The van der Waals surface area contributed by atoms with Crippen LogP contribution in [-0.2, 0) is 12.3 Å². The zero-order valence-corrected chi connectivity index (χ0v) is 16.8. The molecule has 0 radical (unpaired) electrons. The van der Waals surface area contributed by atoms with Crippen LogP contribution in [0.25, 0.3) is 0 Å². The quantitative estimate of drug-likeness (QED) is 0.711. The van der Waals surface area contributed by atoms with E-state index in [1.807, 2.05) is 0 Å². The Morgan fingerprint density at radius 1 is 0.839 bits per heavy atom. The largest absolute Gasteiger partial charge is 0.341 e. The molecule has 31 heavy (non-hydrogen) atoms. The number of amides is 2. The van der Waals surface area contributed by atoms with Crippen molar-refractivity contribution in [2.24, 2.45) is 0 Å². The van der Waals surface area contributed by atoms with Gasteiger partial charge in [-0.2, -0.15) is 8.78 Å². The number of benzene rings is 2. The second-order valence-corrected chi connectivity index (χ2v) is 8.60. The molecule has 0 aliphatic carbocycles. The molecule has 1 atom stereocenters. The van der Waals surface area contributed by atoms with Crippen molar-refractivity contribution in [2.45, 2.75) is 44.2 Å². The van der Waals surface area contributed by atoms with Crippen LogP contribution < -0.4 is 10.6 Å². The number of fused-ring (bicyclic) bond motifs is 2. The number of halogens is 4. The molecule has 0 aromatic heterocycles. The Balaban J connectivity index is 1.80. The minimum atomic E-state index is -3.73. The molecule has 2 aromatic carbocycles. The zero-order valence-electron chi connectivity index (χ0n) is 16.8. The van der Waals surface area contributed by atoms with Crippen LogP contribution >= 0.6 is 0 Å². The number of alkyl halides is 2. The van der Waals surface area contributed by atoms with E-state index >= 15 is 13.2 Å². The molecule has 162 valence electrons. The highest BCUT2D eigenvalue weighted by Gasteiger charge is 2.56. The number of Topliss-reactive ketones (excluding diaryl/α,β-unsaturated/α-hetero) is 1. The molecule has 2 aliphatic rings. The van der Waals surface area contributed by atoms with Gasteiger partial charge in [0.2, 0.25) is 0 Å². The maximum absolute atomic E-state index is 15.3. The average molecular weight is 434 g/mol. The molecule has 2 aliphatic heterocycles. The number of carbonyl (C=O) groups excluding carboxylic acids is 3. The van der Waals surface area contributed by atoms with Crippen LogP contribution in [0.5, 0.6) is 0 Å². The number of nitrogens with one attached hydrogen (secondary N) is 2. The SMILES string of the molecule is CC1(Cc2ccc3c(c2F)C(F)(F)C(C)(C)NC3=O)NC(=O)c2ccc(F)cc2C1=O. The van der Waals surface area contributed by atoms with Crippen LogP contribution in [0.4, 0.5) is 17.6 Å². The lowest BCUT2D eigenvalue weighted by molar-refractivity contribution is -0.0873. The molecule has 0 fully saturated rings. The Bertz CT molecular complexity index is 1180. The molecule has 0 saturated carbocycles. The summed E-state index contributed by atoms with van der Waals surface area (Å²) < 4.78 is 59.0. The van der Waals surface area contributed by atoms with Crippen LogP contribution in [0.2, 0.25) is 0 Å². The summed E-state index contributed by atoms with van der Waals surface area (Å²) in [6.07, 6.45) is -0.467. The molecule has 0 bridgehead atoms. The molecule has 5 nitrogen and oxygen atoms in total. The lowest BCUT2D eigenvalue weighted by Gasteiger charge is -2.40. The van der Waals surface area contributed by atoms with E-state index in [1.165, 1.54) is 6.92 Å². The van der Waals surface area contributed by atoms with Gasteiger partial charge in [0.05, 0.1) is 16.7 Å². The number of ketones is 1. The monoisotopic (exact) mass is 434 g/mol. The molecule has 4 rings (SSSR count). The third-order valence-corrected chi connectivity index (χ3v) is 5.90. The maximum Gasteiger partial charge on any atom is 0.298 e. The van der Waals surface area contributed by atoms with Crippen molar-refractivity contribution in [3.05, 3.63) is 69.8 Å². The summed E-state index contributed by atoms with van der Waals surface area (Å²) in [4.78, 5) is 37.7. The summed E-state index contributed by atoms with van der Waals surface area (Å²) in [5.41, 5.74) is -5.76.